The van der Waals surface area contributed by atoms with Gasteiger partial charge in [0, 0.05) is 10.5 Å². The molecule has 96 valence electrons. The Labute approximate surface area is 111 Å². The molecule has 1 aliphatic rings. The number of thioether (sulfide) groups is 1. The number of hydrogen-bond donors (Lipinski definition) is 2. The lowest BCUT2D eigenvalue weighted by Crippen LogP contribution is -2.24. The van der Waals surface area contributed by atoms with Crippen molar-refractivity contribution in [3.8, 4) is 0 Å². The summed E-state index contributed by atoms with van der Waals surface area (Å²) in [6.45, 7) is 2.03. The minimum absolute atomic E-state index is 0.188. The fourth-order valence-corrected chi connectivity index (χ4v) is 3.18. The summed E-state index contributed by atoms with van der Waals surface area (Å²) >= 11 is 1.80. The number of carbonyl (C=O) groups is 1. The van der Waals surface area contributed by atoms with Crippen LogP contribution in [-0.2, 0) is 12.8 Å². The lowest BCUT2D eigenvalue weighted by molar-refractivity contribution is 0.100. The van der Waals surface area contributed by atoms with Crippen molar-refractivity contribution in [3.05, 3.63) is 28.8 Å². The highest BCUT2D eigenvalue weighted by molar-refractivity contribution is 7.99. The molecule has 1 amide bonds. The fourth-order valence-electron chi connectivity index (χ4n) is 2.12. The summed E-state index contributed by atoms with van der Waals surface area (Å²) in [7, 11) is 0. The largest absolute Gasteiger partial charge is 0.370 e. The lowest BCUT2D eigenvalue weighted by atomic mass is 9.99. The molecule has 1 aromatic carbocycles. The van der Waals surface area contributed by atoms with Crippen molar-refractivity contribution in [1.29, 1.82) is 0 Å². The SMILES string of the molecule is CCc1cc2c(cc1C(=O)N=C(N)N)SCCC2. The van der Waals surface area contributed by atoms with Crippen molar-refractivity contribution in [2.75, 3.05) is 5.75 Å². The van der Waals surface area contributed by atoms with Gasteiger partial charge in [-0.25, -0.2) is 0 Å². The number of fused-ring (bicyclic) bond motifs is 1. The maximum Gasteiger partial charge on any atom is 0.280 e. The number of rotatable bonds is 2. The summed E-state index contributed by atoms with van der Waals surface area (Å²) in [4.78, 5) is 16.8. The Hall–Kier alpha value is -1.49. The maximum atomic E-state index is 12.0. The van der Waals surface area contributed by atoms with E-state index in [2.05, 4.69) is 11.1 Å². The van der Waals surface area contributed by atoms with Crippen molar-refractivity contribution >= 4 is 23.6 Å². The molecule has 0 saturated carbocycles. The van der Waals surface area contributed by atoms with Gasteiger partial charge in [0.15, 0.2) is 5.96 Å². The highest BCUT2D eigenvalue weighted by Gasteiger charge is 2.17. The van der Waals surface area contributed by atoms with E-state index in [9.17, 15) is 4.79 Å². The minimum atomic E-state index is -0.346. The van der Waals surface area contributed by atoms with Crippen LogP contribution in [0.15, 0.2) is 22.0 Å². The van der Waals surface area contributed by atoms with E-state index >= 15 is 0 Å². The highest BCUT2D eigenvalue weighted by atomic mass is 32.2. The Morgan fingerprint density at radius 1 is 1.44 bits per heavy atom. The van der Waals surface area contributed by atoms with Gasteiger partial charge in [0.1, 0.15) is 0 Å². The van der Waals surface area contributed by atoms with Crippen molar-refractivity contribution < 1.29 is 4.79 Å². The smallest absolute Gasteiger partial charge is 0.280 e. The summed E-state index contributed by atoms with van der Waals surface area (Å²) in [6, 6.07) is 4.06. The maximum absolute atomic E-state index is 12.0. The molecule has 0 aromatic heterocycles. The monoisotopic (exact) mass is 263 g/mol. The van der Waals surface area contributed by atoms with Gasteiger partial charge in [-0.3, -0.25) is 4.79 Å². The Balaban J connectivity index is 2.46. The minimum Gasteiger partial charge on any atom is -0.370 e. The third kappa shape index (κ3) is 2.67. The quantitative estimate of drug-likeness (QED) is 0.628. The van der Waals surface area contributed by atoms with Crippen LogP contribution in [0, 0.1) is 0 Å². The molecule has 0 fully saturated rings. The molecule has 0 saturated heterocycles. The van der Waals surface area contributed by atoms with Crippen LogP contribution in [0.4, 0.5) is 0 Å². The zero-order chi connectivity index (χ0) is 13.1. The molecule has 0 aliphatic carbocycles. The average Bonchev–Trinajstić information content (AvgIpc) is 2.36. The van der Waals surface area contributed by atoms with Gasteiger partial charge in [-0.05, 0) is 42.2 Å². The Bertz CT molecular complexity index is 507. The zero-order valence-electron chi connectivity index (χ0n) is 10.4. The second kappa shape index (κ2) is 5.44. The van der Waals surface area contributed by atoms with Gasteiger partial charge in [-0.15, -0.1) is 11.8 Å². The topological polar surface area (TPSA) is 81.5 Å². The predicted molar refractivity (Wildman–Crippen MR) is 75.0 cm³/mol. The number of benzene rings is 1. The number of aryl methyl sites for hydroxylation is 2. The molecule has 5 heteroatoms. The first-order valence-electron chi connectivity index (χ1n) is 6.04. The van der Waals surface area contributed by atoms with Crippen LogP contribution >= 0.6 is 11.8 Å². The molecule has 0 unspecified atom stereocenters. The van der Waals surface area contributed by atoms with Crippen molar-refractivity contribution in [1.82, 2.24) is 0 Å². The second-order valence-corrected chi connectivity index (χ2v) is 5.40. The molecule has 4 nitrogen and oxygen atoms in total. The molecule has 1 aromatic rings. The number of nitrogens with zero attached hydrogens (tertiary/aromatic N) is 1. The van der Waals surface area contributed by atoms with Crippen LogP contribution in [0.2, 0.25) is 0 Å². The molecule has 18 heavy (non-hydrogen) atoms. The molecule has 0 atom stereocenters. The molecule has 2 rings (SSSR count). The first-order valence-corrected chi connectivity index (χ1v) is 7.03. The molecule has 0 radical (unpaired) electrons. The van der Waals surface area contributed by atoms with Gasteiger partial charge >= 0.3 is 0 Å². The van der Waals surface area contributed by atoms with E-state index in [1.807, 2.05) is 13.0 Å². The van der Waals surface area contributed by atoms with Gasteiger partial charge in [-0.2, -0.15) is 4.99 Å². The third-order valence-electron chi connectivity index (χ3n) is 2.98. The number of carbonyl (C=O) groups excluding carboxylic acids is 1. The summed E-state index contributed by atoms with van der Waals surface area (Å²) in [5.74, 6) is 0.572. The molecular weight excluding hydrogens is 246 g/mol. The van der Waals surface area contributed by atoms with E-state index < -0.39 is 0 Å². The summed E-state index contributed by atoms with van der Waals surface area (Å²) < 4.78 is 0. The van der Waals surface area contributed by atoms with Crippen LogP contribution in [-0.4, -0.2) is 17.6 Å². The van der Waals surface area contributed by atoms with Crippen LogP contribution in [0.25, 0.3) is 0 Å². The van der Waals surface area contributed by atoms with E-state index in [0.29, 0.717) is 5.56 Å². The molecular formula is C13H17N3OS. The number of hydrogen-bond acceptors (Lipinski definition) is 2. The summed E-state index contributed by atoms with van der Waals surface area (Å²) in [6.07, 6.45) is 3.09. The standard InChI is InChI=1S/C13H17N3OS/c1-2-8-6-9-4-3-5-18-11(9)7-10(8)12(17)16-13(14)15/h6-7H,2-5H2,1H3,(H4,14,15,16,17). The Morgan fingerprint density at radius 2 is 2.22 bits per heavy atom. The normalized spacial score (nSPS) is 13.8. The van der Waals surface area contributed by atoms with Gasteiger partial charge in [-0.1, -0.05) is 13.0 Å². The lowest BCUT2D eigenvalue weighted by Gasteiger charge is -2.17. The highest BCUT2D eigenvalue weighted by Crippen LogP contribution is 2.32. The van der Waals surface area contributed by atoms with E-state index in [1.165, 1.54) is 16.9 Å². The zero-order valence-corrected chi connectivity index (χ0v) is 11.2. The molecule has 1 aliphatic heterocycles. The number of aliphatic imine (C=N–C) groups is 1. The van der Waals surface area contributed by atoms with Gasteiger partial charge in [0.2, 0.25) is 0 Å². The average molecular weight is 263 g/mol. The van der Waals surface area contributed by atoms with E-state index in [1.54, 1.807) is 11.8 Å². The van der Waals surface area contributed by atoms with Gasteiger partial charge < -0.3 is 11.5 Å². The fraction of sp³-hybridized carbons (Fsp3) is 0.385. The molecule has 0 spiro atoms. The Kier molecular flexibility index (Phi) is 3.91. The van der Waals surface area contributed by atoms with Gasteiger partial charge in [0.25, 0.3) is 5.91 Å². The molecule has 1 heterocycles. The summed E-state index contributed by atoms with van der Waals surface area (Å²) in [5, 5.41) is 0. The second-order valence-electron chi connectivity index (χ2n) is 4.26. The van der Waals surface area contributed by atoms with E-state index in [0.717, 1.165) is 24.2 Å². The molecule has 0 bridgehead atoms. The van der Waals surface area contributed by atoms with E-state index in [-0.39, 0.29) is 11.9 Å². The van der Waals surface area contributed by atoms with Crippen LogP contribution in [0.5, 0.6) is 0 Å². The predicted octanol–water partition coefficient (Wildman–Crippen LogP) is 1.70. The van der Waals surface area contributed by atoms with Crippen LogP contribution < -0.4 is 11.5 Å². The van der Waals surface area contributed by atoms with Crippen LogP contribution in [0.3, 0.4) is 0 Å². The van der Waals surface area contributed by atoms with Crippen molar-refractivity contribution in [2.45, 2.75) is 31.1 Å². The summed E-state index contributed by atoms with van der Waals surface area (Å²) in [5.41, 5.74) is 13.5. The van der Waals surface area contributed by atoms with Crippen LogP contribution in [0.1, 0.15) is 34.8 Å². The van der Waals surface area contributed by atoms with Crippen molar-refractivity contribution in [2.24, 2.45) is 16.5 Å². The Morgan fingerprint density at radius 3 is 2.89 bits per heavy atom. The van der Waals surface area contributed by atoms with Gasteiger partial charge in [0.05, 0.1) is 0 Å². The molecule has 4 N–H and O–H groups in total. The van der Waals surface area contributed by atoms with Crippen molar-refractivity contribution in [3.63, 3.8) is 0 Å². The first kappa shape index (κ1) is 13.0. The van der Waals surface area contributed by atoms with E-state index in [4.69, 9.17) is 11.5 Å². The number of nitrogens with two attached hydrogens (primary N) is 2. The third-order valence-corrected chi connectivity index (χ3v) is 4.16. The number of guanidine groups is 1. The first-order chi connectivity index (χ1) is 8.61. The number of amides is 1.